The van der Waals surface area contributed by atoms with E-state index in [0.717, 1.165) is 27.7 Å². The van der Waals surface area contributed by atoms with E-state index in [0.29, 0.717) is 18.1 Å². The summed E-state index contributed by atoms with van der Waals surface area (Å²) >= 11 is 1.61. The second-order valence-corrected chi connectivity index (χ2v) is 6.94. The zero-order valence-electron chi connectivity index (χ0n) is 14.5. The monoisotopic (exact) mass is 370 g/mol. The van der Waals surface area contributed by atoms with E-state index in [2.05, 4.69) is 20.6 Å². The highest BCUT2D eigenvalue weighted by atomic mass is 32.1. The molecule has 136 valence electrons. The number of aliphatic imine (C=N–C) groups is 1. The molecule has 0 spiro atoms. The van der Waals surface area contributed by atoms with Crippen molar-refractivity contribution in [3.63, 3.8) is 0 Å². The van der Waals surface area contributed by atoms with Crippen molar-refractivity contribution in [3.05, 3.63) is 51.0 Å². The summed E-state index contributed by atoms with van der Waals surface area (Å²) in [4.78, 5) is 9.60. The summed E-state index contributed by atoms with van der Waals surface area (Å²) in [6, 6.07) is 4.98. The number of aryl methyl sites for hydroxylation is 2. The Morgan fingerprint density at radius 3 is 2.60 bits per heavy atom. The van der Waals surface area contributed by atoms with Crippen LogP contribution in [0.1, 0.15) is 39.7 Å². The Hall–Kier alpha value is -2.09. The zero-order chi connectivity index (χ0) is 18.6. The minimum atomic E-state index is -4.35. The Morgan fingerprint density at radius 2 is 2.04 bits per heavy atom. The van der Waals surface area contributed by atoms with Crippen LogP contribution in [0.4, 0.5) is 13.2 Å². The maximum atomic E-state index is 12.8. The smallest absolute Gasteiger partial charge is 0.351 e. The number of halogens is 3. The van der Waals surface area contributed by atoms with E-state index < -0.39 is 11.7 Å². The van der Waals surface area contributed by atoms with Gasteiger partial charge < -0.3 is 10.6 Å². The SMILES string of the molecule is CN=C(NCc1sc(C)nc1C)NC(C)c1cccc(C(F)(F)F)c1. The Labute approximate surface area is 149 Å². The zero-order valence-corrected chi connectivity index (χ0v) is 15.3. The largest absolute Gasteiger partial charge is 0.416 e. The van der Waals surface area contributed by atoms with Gasteiger partial charge in [-0.3, -0.25) is 4.99 Å². The number of nitrogens with zero attached hydrogens (tertiary/aromatic N) is 2. The van der Waals surface area contributed by atoms with Crippen molar-refractivity contribution in [2.75, 3.05) is 7.05 Å². The van der Waals surface area contributed by atoms with Crippen molar-refractivity contribution in [2.45, 2.75) is 39.5 Å². The van der Waals surface area contributed by atoms with E-state index in [4.69, 9.17) is 0 Å². The lowest BCUT2D eigenvalue weighted by molar-refractivity contribution is -0.137. The first kappa shape index (κ1) is 19.2. The van der Waals surface area contributed by atoms with Gasteiger partial charge in [0, 0.05) is 11.9 Å². The van der Waals surface area contributed by atoms with Crippen molar-refractivity contribution in [1.29, 1.82) is 0 Å². The third-order valence-corrected chi connectivity index (χ3v) is 4.78. The molecule has 8 heteroatoms. The predicted molar refractivity (Wildman–Crippen MR) is 94.8 cm³/mol. The first-order valence-electron chi connectivity index (χ1n) is 7.78. The number of hydrogen-bond acceptors (Lipinski definition) is 3. The van der Waals surface area contributed by atoms with Gasteiger partial charge in [-0.25, -0.2) is 4.98 Å². The van der Waals surface area contributed by atoms with Crippen LogP contribution in [0.25, 0.3) is 0 Å². The lowest BCUT2D eigenvalue weighted by Crippen LogP contribution is -2.38. The molecule has 1 aromatic heterocycles. The summed E-state index contributed by atoms with van der Waals surface area (Å²) in [5.41, 5.74) is 0.858. The van der Waals surface area contributed by atoms with Gasteiger partial charge in [-0.2, -0.15) is 13.2 Å². The molecule has 4 nitrogen and oxygen atoms in total. The van der Waals surface area contributed by atoms with Crippen molar-refractivity contribution < 1.29 is 13.2 Å². The molecule has 0 amide bonds. The molecule has 1 heterocycles. The number of thiazole rings is 1. The topological polar surface area (TPSA) is 49.3 Å². The molecule has 0 radical (unpaired) electrons. The summed E-state index contributed by atoms with van der Waals surface area (Å²) in [5.74, 6) is 0.523. The molecule has 0 saturated carbocycles. The first-order valence-corrected chi connectivity index (χ1v) is 8.59. The molecule has 1 atom stereocenters. The quantitative estimate of drug-likeness (QED) is 0.626. The fourth-order valence-corrected chi connectivity index (χ4v) is 3.25. The third kappa shape index (κ3) is 5.19. The summed E-state index contributed by atoms with van der Waals surface area (Å²) in [6.45, 7) is 6.25. The number of nitrogens with one attached hydrogen (secondary N) is 2. The van der Waals surface area contributed by atoms with Crippen LogP contribution in [0.3, 0.4) is 0 Å². The standard InChI is InChI=1S/C17H21F3N4S/c1-10(13-6-5-7-14(8-13)17(18,19)20)24-16(21-4)22-9-15-11(2)23-12(3)25-15/h5-8,10H,9H2,1-4H3,(H2,21,22,24). The lowest BCUT2D eigenvalue weighted by atomic mass is 10.1. The minimum absolute atomic E-state index is 0.321. The van der Waals surface area contributed by atoms with Crippen LogP contribution in [0.5, 0.6) is 0 Å². The van der Waals surface area contributed by atoms with E-state index in [9.17, 15) is 13.2 Å². The molecule has 0 aliphatic heterocycles. The number of hydrogen-bond donors (Lipinski definition) is 2. The fraction of sp³-hybridized carbons (Fsp3) is 0.412. The lowest BCUT2D eigenvalue weighted by Gasteiger charge is -2.19. The molecule has 2 rings (SSSR count). The van der Waals surface area contributed by atoms with Gasteiger partial charge in [-0.1, -0.05) is 12.1 Å². The third-order valence-electron chi connectivity index (χ3n) is 3.71. The van der Waals surface area contributed by atoms with Crippen LogP contribution < -0.4 is 10.6 Å². The van der Waals surface area contributed by atoms with Gasteiger partial charge in [0.15, 0.2) is 5.96 Å². The van der Waals surface area contributed by atoms with Crippen LogP contribution in [-0.4, -0.2) is 18.0 Å². The van der Waals surface area contributed by atoms with Gasteiger partial charge in [0.2, 0.25) is 0 Å². The Kier molecular flexibility index (Phi) is 6.05. The molecule has 0 aliphatic rings. The highest BCUT2D eigenvalue weighted by Crippen LogP contribution is 2.30. The second-order valence-electron chi connectivity index (χ2n) is 5.66. The van der Waals surface area contributed by atoms with Crippen molar-refractivity contribution in [1.82, 2.24) is 15.6 Å². The van der Waals surface area contributed by atoms with Gasteiger partial charge in [-0.15, -0.1) is 11.3 Å². The molecule has 0 bridgehead atoms. The molecule has 0 aliphatic carbocycles. The molecule has 0 saturated heterocycles. The molecule has 25 heavy (non-hydrogen) atoms. The molecule has 1 aromatic carbocycles. The Bertz CT molecular complexity index is 753. The van der Waals surface area contributed by atoms with Crippen LogP contribution in [-0.2, 0) is 12.7 Å². The number of benzene rings is 1. The van der Waals surface area contributed by atoms with E-state index in [1.807, 2.05) is 13.8 Å². The van der Waals surface area contributed by atoms with Gasteiger partial charge in [-0.05, 0) is 38.5 Å². The number of guanidine groups is 1. The van der Waals surface area contributed by atoms with E-state index in [-0.39, 0.29) is 6.04 Å². The first-order chi connectivity index (χ1) is 11.7. The molecule has 1 unspecified atom stereocenters. The van der Waals surface area contributed by atoms with Crippen LogP contribution in [0, 0.1) is 13.8 Å². The maximum absolute atomic E-state index is 12.8. The highest BCUT2D eigenvalue weighted by molar-refractivity contribution is 7.11. The molecule has 2 aromatic rings. The molecule has 0 fully saturated rings. The van der Waals surface area contributed by atoms with Crippen molar-refractivity contribution in [2.24, 2.45) is 4.99 Å². The highest BCUT2D eigenvalue weighted by Gasteiger charge is 2.30. The average Bonchev–Trinajstić information content (AvgIpc) is 2.88. The number of alkyl halides is 3. The summed E-state index contributed by atoms with van der Waals surface area (Å²) in [5, 5.41) is 7.28. The predicted octanol–water partition coefficient (Wildman–Crippen LogP) is 4.20. The number of aromatic nitrogens is 1. The van der Waals surface area contributed by atoms with Gasteiger partial charge in [0.25, 0.3) is 0 Å². The van der Waals surface area contributed by atoms with Crippen LogP contribution >= 0.6 is 11.3 Å². The number of rotatable bonds is 4. The Balaban J connectivity index is 2.02. The average molecular weight is 370 g/mol. The fourth-order valence-electron chi connectivity index (χ4n) is 2.37. The minimum Gasteiger partial charge on any atom is -0.351 e. The van der Waals surface area contributed by atoms with E-state index in [1.54, 1.807) is 31.4 Å². The summed E-state index contributed by atoms with van der Waals surface area (Å²) < 4.78 is 38.5. The molecule has 2 N–H and O–H groups in total. The maximum Gasteiger partial charge on any atom is 0.416 e. The van der Waals surface area contributed by atoms with Gasteiger partial charge >= 0.3 is 6.18 Å². The van der Waals surface area contributed by atoms with Crippen molar-refractivity contribution >= 4 is 17.3 Å². The second kappa shape index (κ2) is 7.86. The normalized spacial score (nSPS) is 13.6. The summed E-state index contributed by atoms with van der Waals surface area (Å²) in [7, 11) is 1.62. The van der Waals surface area contributed by atoms with Crippen molar-refractivity contribution in [3.8, 4) is 0 Å². The molecular weight excluding hydrogens is 349 g/mol. The van der Waals surface area contributed by atoms with Crippen LogP contribution in [0.2, 0.25) is 0 Å². The van der Waals surface area contributed by atoms with E-state index in [1.165, 1.54) is 6.07 Å². The molecular formula is C17H21F3N4S. The van der Waals surface area contributed by atoms with E-state index >= 15 is 0 Å². The van der Waals surface area contributed by atoms with Gasteiger partial charge in [0.1, 0.15) is 0 Å². The summed E-state index contributed by atoms with van der Waals surface area (Å²) in [6.07, 6.45) is -4.35. The Morgan fingerprint density at radius 1 is 1.32 bits per heavy atom. The van der Waals surface area contributed by atoms with Crippen LogP contribution in [0.15, 0.2) is 29.3 Å². The van der Waals surface area contributed by atoms with Gasteiger partial charge in [0.05, 0.1) is 28.9 Å².